The summed E-state index contributed by atoms with van der Waals surface area (Å²) in [6.45, 7) is 5.27. The highest BCUT2D eigenvalue weighted by molar-refractivity contribution is 5.95. The van der Waals surface area contributed by atoms with Gasteiger partial charge < -0.3 is 15.4 Å². The van der Waals surface area contributed by atoms with Gasteiger partial charge in [0.2, 0.25) is 0 Å². The molecule has 0 aliphatic heterocycles. The Labute approximate surface area is 200 Å². The summed E-state index contributed by atoms with van der Waals surface area (Å²) in [6.07, 6.45) is 0.969. The van der Waals surface area contributed by atoms with E-state index in [2.05, 4.69) is 46.8 Å². The Morgan fingerprint density at radius 1 is 0.912 bits per heavy atom. The third-order valence-corrected chi connectivity index (χ3v) is 5.26. The summed E-state index contributed by atoms with van der Waals surface area (Å²) in [6, 6.07) is 27.1. The summed E-state index contributed by atoms with van der Waals surface area (Å²) in [7, 11) is 0. The fourth-order valence-corrected chi connectivity index (χ4v) is 3.37. The van der Waals surface area contributed by atoms with Crippen LogP contribution in [0.4, 0.5) is 11.5 Å². The molecule has 0 saturated heterocycles. The Bertz CT molecular complexity index is 1220. The first-order chi connectivity index (χ1) is 16.6. The molecule has 6 heteroatoms. The molecule has 0 saturated carbocycles. The minimum absolute atomic E-state index is 0.143. The van der Waals surface area contributed by atoms with Crippen LogP contribution in [0.5, 0.6) is 5.75 Å². The van der Waals surface area contributed by atoms with Crippen molar-refractivity contribution in [3.8, 4) is 17.0 Å². The number of carbonyl (C=O) groups excluding carboxylic acids is 1. The van der Waals surface area contributed by atoms with E-state index in [1.54, 1.807) is 12.1 Å². The fraction of sp³-hybridized carbons (Fsp3) is 0.179. The van der Waals surface area contributed by atoms with Crippen LogP contribution in [0.15, 0.2) is 84.9 Å². The summed E-state index contributed by atoms with van der Waals surface area (Å²) in [5, 5.41) is 14.8. The average Bonchev–Trinajstić information content (AvgIpc) is 2.88. The zero-order chi connectivity index (χ0) is 23.8. The summed E-state index contributed by atoms with van der Waals surface area (Å²) in [5.74, 6) is 1.31. The number of carbonyl (C=O) groups is 1. The molecule has 0 atom stereocenters. The Morgan fingerprint density at radius 3 is 2.41 bits per heavy atom. The molecule has 4 rings (SSSR count). The maximum Gasteiger partial charge on any atom is 0.251 e. The van der Waals surface area contributed by atoms with Gasteiger partial charge >= 0.3 is 0 Å². The summed E-state index contributed by atoms with van der Waals surface area (Å²) in [4.78, 5) is 12.7. The van der Waals surface area contributed by atoms with Gasteiger partial charge in [-0.05, 0) is 61.4 Å². The third-order valence-electron chi connectivity index (χ3n) is 5.26. The van der Waals surface area contributed by atoms with E-state index in [1.165, 1.54) is 5.56 Å². The number of hydrogen-bond acceptors (Lipinski definition) is 5. The van der Waals surface area contributed by atoms with E-state index < -0.39 is 0 Å². The standard InChI is InChI=1S/C28H28N4O2/c1-3-17-34-25-13-9-21(10-14-25)19-29-28(33)23-5-4-6-24(18-23)30-27-16-15-26(31-32-27)22-11-7-20(2)8-12-22/h4-16,18H,3,17,19H2,1-2H3,(H,29,33)(H,30,32). The second-order valence-electron chi connectivity index (χ2n) is 8.05. The van der Waals surface area contributed by atoms with E-state index in [1.807, 2.05) is 60.7 Å². The maximum atomic E-state index is 12.7. The Morgan fingerprint density at radius 2 is 1.71 bits per heavy atom. The number of nitrogens with one attached hydrogen (secondary N) is 2. The van der Waals surface area contributed by atoms with Crippen molar-refractivity contribution in [1.82, 2.24) is 15.5 Å². The number of amides is 1. The Kier molecular flexibility index (Phi) is 7.50. The topological polar surface area (TPSA) is 76.1 Å². The van der Waals surface area contributed by atoms with Crippen molar-refractivity contribution in [2.24, 2.45) is 0 Å². The van der Waals surface area contributed by atoms with Crippen LogP contribution in [0.3, 0.4) is 0 Å². The highest BCUT2D eigenvalue weighted by Crippen LogP contribution is 2.20. The molecular weight excluding hydrogens is 424 g/mol. The van der Waals surface area contributed by atoms with Crippen molar-refractivity contribution in [3.63, 3.8) is 0 Å². The molecule has 34 heavy (non-hydrogen) atoms. The summed E-state index contributed by atoms with van der Waals surface area (Å²) < 4.78 is 5.60. The minimum Gasteiger partial charge on any atom is -0.494 e. The molecule has 0 spiro atoms. The number of aromatic nitrogens is 2. The lowest BCUT2D eigenvalue weighted by molar-refractivity contribution is 0.0951. The Hall–Kier alpha value is -4.19. The molecule has 1 amide bonds. The molecule has 0 radical (unpaired) electrons. The SMILES string of the molecule is CCCOc1ccc(CNC(=O)c2cccc(Nc3ccc(-c4ccc(C)cc4)nn3)c2)cc1. The molecule has 0 fully saturated rings. The van der Waals surface area contributed by atoms with E-state index >= 15 is 0 Å². The summed E-state index contributed by atoms with van der Waals surface area (Å²) >= 11 is 0. The molecule has 0 unspecified atom stereocenters. The van der Waals surface area contributed by atoms with Gasteiger partial charge in [-0.1, -0.05) is 55.0 Å². The number of ether oxygens (including phenoxy) is 1. The van der Waals surface area contributed by atoms with E-state index in [4.69, 9.17) is 4.74 Å². The molecule has 0 bridgehead atoms. The summed E-state index contributed by atoms with van der Waals surface area (Å²) in [5.41, 5.74) is 5.37. The third kappa shape index (κ3) is 6.19. The van der Waals surface area contributed by atoms with Gasteiger partial charge in [0.1, 0.15) is 5.75 Å². The monoisotopic (exact) mass is 452 g/mol. The number of hydrogen-bond donors (Lipinski definition) is 2. The van der Waals surface area contributed by atoms with Crippen LogP contribution in [-0.2, 0) is 6.54 Å². The van der Waals surface area contributed by atoms with Crippen molar-refractivity contribution in [3.05, 3.63) is 102 Å². The van der Waals surface area contributed by atoms with Gasteiger partial charge in [0.25, 0.3) is 5.91 Å². The average molecular weight is 453 g/mol. The second-order valence-corrected chi connectivity index (χ2v) is 8.05. The quantitative estimate of drug-likeness (QED) is 0.330. The van der Waals surface area contributed by atoms with Crippen LogP contribution < -0.4 is 15.4 Å². The predicted octanol–water partition coefficient (Wildman–Crippen LogP) is 5.91. The molecule has 172 valence electrons. The van der Waals surface area contributed by atoms with Gasteiger partial charge in [0.15, 0.2) is 5.82 Å². The van der Waals surface area contributed by atoms with Crippen molar-refractivity contribution in [1.29, 1.82) is 0 Å². The van der Waals surface area contributed by atoms with Gasteiger partial charge in [0, 0.05) is 23.4 Å². The van der Waals surface area contributed by atoms with E-state index in [-0.39, 0.29) is 5.91 Å². The molecule has 0 aliphatic carbocycles. The van der Waals surface area contributed by atoms with E-state index in [9.17, 15) is 4.79 Å². The smallest absolute Gasteiger partial charge is 0.251 e. The zero-order valence-electron chi connectivity index (χ0n) is 19.4. The van der Waals surface area contributed by atoms with Crippen molar-refractivity contribution < 1.29 is 9.53 Å². The largest absolute Gasteiger partial charge is 0.494 e. The maximum absolute atomic E-state index is 12.7. The van der Waals surface area contributed by atoms with Crippen molar-refractivity contribution in [2.75, 3.05) is 11.9 Å². The first kappa shape index (κ1) is 23.0. The molecular formula is C28H28N4O2. The van der Waals surface area contributed by atoms with Crippen LogP contribution in [0, 0.1) is 6.92 Å². The van der Waals surface area contributed by atoms with Crippen LogP contribution in [0.25, 0.3) is 11.3 Å². The first-order valence-electron chi connectivity index (χ1n) is 11.4. The minimum atomic E-state index is -0.143. The molecule has 0 aliphatic rings. The Balaban J connectivity index is 1.35. The van der Waals surface area contributed by atoms with E-state index in [0.717, 1.165) is 34.7 Å². The van der Waals surface area contributed by atoms with Crippen molar-refractivity contribution >= 4 is 17.4 Å². The number of anilines is 2. The van der Waals surface area contributed by atoms with Crippen LogP contribution in [0.1, 0.15) is 34.8 Å². The van der Waals surface area contributed by atoms with Gasteiger partial charge in [-0.15, -0.1) is 10.2 Å². The highest BCUT2D eigenvalue weighted by atomic mass is 16.5. The number of aryl methyl sites for hydroxylation is 1. The zero-order valence-corrected chi connectivity index (χ0v) is 19.4. The lowest BCUT2D eigenvalue weighted by Crippen LogP contribution is -2.22. The second kappa shape index (κ2) is 11.1. The van der Waals surface area contributed by atoms with Gasteiger partial charge in [-0.25, -0.2) is 0 Å². The van der Waals surface area contributed by atoms with Crippen LogP contribution >= 0.6 is 0 Å². The molecule has 4 aromatic rings. The molecule has 6 nitrogen and oxygen atoms in total. The van der Waals surface area contributed by atoms with Gasteiger partial charge in [-0.3, -0.25) is 4.79 Å². The normalized spacial score (nSPS) is 10.5. The van der Waals surface area contributed by atoms with Crippen LogP contribution in [-0.4, -0.2) is 22.7 Å². The number of rotatable bonds is 9. The molecule has 1 heterocycles. The fourth-order valence-electron chi connectivity index (χ4n) is 3.37. The van der Waals surface area contributed by atoms with Gasteiger partial charge in [0.05, 0.1) is 12.3 Å². The number of nitrogens with zero attached hydrogens (tertiary/aromatic N) is 2. The molecule has 2 N–H and O–H groups in total. The lowest BCUT2D eigenvalue weighted by Gasteiger charge is -2.10. The van der Waals surface area contributed by atoms with Gasteiger partial charge in [-0.2, -0.15) is 0 Å². The lowest BCUT2D eigenvalue weighted by atomic mass is 10.1. The molecule has 3 aromatic carbocycles. The van der Waals surface area contributed by atoms with Crippen molar-refractivity contribution in [2.45, 2.75) is 26.8 Å². The first-order valence-corrected chi connectivity index (χ1v) is 11.4. The van der Waals surface area contributed by atoms with E-state index in [0.29, 0.717) is 24.5 Å². The molecule has 1 aromatic heterocycles. The van der Waals surface area contributed by atoms with Crippen LogP contribution in [0.2, 0.25) is 0 Å². The number of benzene rings is 3. The highest BCUT2D eigenvalue weighted by Gasteiger charge is 2.08. The predicted molar refractivity (Wildman–Crippen MR) is 135 cm³/mol.